The normalized spacial score (nSPS) is 10.9. The molecule has 110 valence electrons. The van der Waals surface area contributed by atoms with Crippen LogP contribution in [0.25, 0.3) is 11.0 Å². The smallest absolute Gasteiger partial charge is 0.226 e. The highest BCUT2D eigenvalue weighted by atomic mass is 16.5. The Hall–Kier alpha value is -1.89. The van der Waals surface area contributed by atoms with E-state index in [0.29, 0.717) is 5.95 Å². The Labute approximate surface area is 118 Å². The fraction of sp³-hybridized carbons (Fsp3) is 0.615. The Morgan fingerprint density at radius 2 is 2.10 bits per heavy atom. The first-order valence-electron chi connectivity index (χ1n) is 7.11. The van der Waals surface area contributed by atoms with Crippen molar-refractivity contribution in [3.63, 3.8) is 0 Å². The topological polar surface area (TPSA) is 87.8 Å². The molecule has 2 aromatic rings. The van der Waals surface area contributed by atoms with Crippen LogP contribution in [0.5, 0.6) is 0 Å². The van der Waals surface area contributed by atoms with Gasteiger partial charge in [0, 0.05) is 26.3 Å². The molecule has 0 saturated carbocycles. The van der Waals surface area contributed by atoms with E-state index in [0.717, 1.165) is 56.0 Å². The minimum absolute atomic E-state index is 0.606. The van der Waals surface area contributed by atoms with Crippen molar-refractivity contribution in [2.24, 2.45) is 0 Å². The van der Waals surface area contributed by atoms with Crippen molar-refractivity contribution in [2.45, 2.75) is 26.7 Å². The lowest BCUT2D eigenvalue weighted by Crippen LogP contribution is -2.10. The van der Waals surface area contributed by atoms with Crippen LogP contribution in [0.1, 0.15) is 26.7 Å². The second kappa shape index (κ2) is 7.64. The first kappa shape index (κ1) is 14.5. The number of anilines is 2. The molecule has 0 bridgehead atoms. The van der Waals surface area contributed by atoms with Crippen molar-refractivity contribution in [1.82, 2.24) is 20.2 Å². The van der Waals surface area contributed by atoms with E-state index in [4.69, 9.17) is 4.74 Å². The zero-order valence-electron chi connectivity index (χ0n) is 12.1. The third-order valence-corrected chi connectivity index (χ3v) is 2.75. The Kier molecular flexibility index (Phi) is 5.55. The van der Waals surface area contributed by atoms with Crippen LogP contribution in [-0.2, 0) is 4.74 Å². The zero-order valence-corrected chi connectivity index (χ0v) is 12.1. The SMILES string of the molecule is CCCOCCCNc1nc(NCC)nc2[nH]ncc12. The predicted molar refractivity (Wildman–Crippen MR) is 80.1 cm³/mol. The van der Waals surface area contributed by atoms with Crippen LogP contribution in [0.4, 0.5) is 11.8 Å². The Morgan fingerprint density at radius 1 is 1.20 bits per heavy atom. The highest BCUT2D eigenvalue weighted by Gasteiger charge is 2.08. The van der Waals surface area contributed by atoms with Gasteiger partial charge in [0.15, 0.2) is 5.65 Å². The molecule has 0 atom stereocenters. The van der Waals surface area contributed by atoms with Crippen LogP contribution in [0.3, 0.4) is 0 Å². The summed E-state index contributed by atoms with van der Waals surface area (Å²) < 4.78 is 5.45. The van der Waals surface area contributed by atoms with E-state index < -0.39 is 0 Å². The van der Waals surface area contributed by atoms with E-state index in [-0.39, 0.29) is 0 Å². The highest BCUT2D eigenvalue weighted by Crippen LogP contribution is 2.19. The maximum Gasteiger partial charge on any atom is 0.226 e. The maximum absolute atomic E-state index is 5.45. The van der Waals surface area contributed by atoms with Crippen LogP contribution in [0.15, 0.2) is 6.20 Å². The van der Waals surface area contributed by atoms with Crippen LogP contribution in [0.2, 0.25) is 0 Å². The third kappa shape index (κ3) is 3.80. The number of nitrogens with zero attached hydrogens (tertiary/aromatic N) is 3. The van der Waals surface area contributed by atoms with E-state index in [1.165, 1.54) is 0 Å². The Morgan fingerprint density at radius 3 is 2.90 bits per heavy atom. The maximum atomic E-state index is 5.45. The number of aromatic amines is 1. The van der Waals surface area contributed by atoms with Crippen molar-refractivity contribution in [3.8, 4) is 0 Å². The molecule has 2 rings (SSSR count). The summed E-state index contributed by atoms with van der Waals surface area (Å²) in [5.74, 6) is 1.41. The first-order chi connectivity index (χ1) is 9.85. The summed E-state index contributed by atoms with van der Waals surface area (Å²) in [6.07, 6.45) is 3.74. The minimum atomic E-state index is 0.606. The molecule has 0 fully saturated rings. The van der Waals surface area contributed by atoms with Crippen molar-refractivity contribution >= 4 is 22.8 Å². The van der Waals surface area contributed by atoms with E-state index in [1.54, 1.807) is 6.20 Å². The van der Waals surface area contributed by atoms with Gasteiger partial charge in [-0.3, -0.25) is 5.10 Å². The fourth-order valence-electron chi connectivity index (χ4n) is 1.83. The largest absolute Gasteiger partial charge is 0.381 e. The van der Waals surface area contributed by atoms with Crippen LogP contribution in [-0.4, -0.2) is 46.5 Å². The average molecular weight is 278 g/mol. The van der Waals surface area contributed by atoms with Gasteiger partial charge in [-0.05, 0) is 19.8 Å². The van der Waals surface area contributed by atoms with E-state index >= 15 is 0 Å². The molecule has 0 aromatic carbocycles. The lowest BCUT2D eigenvalue weighted by molar-refractivity contribution is 0.134. The number of nitrogens with one attached hydrogen (secondary N) is 3. The lowest BCUT2D eigenvalue weighted by Gasteiger charge is -2.09. The molecule has 0 saturated heterocycles. The van der Waals surface area contributed by atoms with E-state index in [2.05, 4.69) is 37.7 Å². The van der Waals surface area contributed by atoms with Crippen molar-refractivity contribution in [1.29, 1.82) is 0 Å². The van der Waals surface area contributed by atoms with Crippen LogP contribution in [0, 0.1) is 0 Å². The molecule has 0 aliphatic carbocycles. The first-order valence-corrected chi connectivity index (χ1v) is 7.11. The summed E-state index contributed by atoms with van der Waals surface area (Å²) >= 11 is 0. The molecule has 7 nitrogen and oxygen atoms in total. The van der Waals surface area contributed by atoms with Crippen LogP contribution < -0.4 is 10.6 Å². The minimum Gasteiger partial charge on any atom is -0.381 e. The Bertz CT molecular complexity index is 527. The van der Waals surface area contributed by atoms with Gasteiger partial charge in [0.1, 0.15) is 5.82 Å². The third-order valence-electron chi connectivity index (χ3n) is 2.75. The van der Waals surface area contributed by atoms with Gasteiger partial charge >= 0.3 is 0 Å². The number of H-pyrrole nitrogens is 1. The molecule has 0 aliphatic heterocycles. The van der Waals surface area contributed by atoms with Gasteiger partial charge in [-0.25, -0.2) is 0 Å². The molecular formula is C13H22N6O. The summed E-state index contributed by atoms with van der Waals surface area (Å²) in [6.45, 7) is 7.30. The number of hydrogen-bond donors (Lipinski definition) is 3. The molecule has 20 heavy (non-hydrogen) atoms. The van der Waals surface area contributed by atoms with Gasteiger partial charge < -0.3 is 15.4 Å². The number of hydrogen-bond acceptors (Lipinski definition) is 6. The van der Waals surface area contributed by atoms with Crippen molar-refractivity contribution < 1.29 is 4.74 Å². The summed E-state index contributed by atoms with van der Waals surface area (Å²) in [4.78, 5) is 8.81. The average Bonchev–Trinajstić information content (AvgIpc) is 2.91. The second-order valence-corrected chi connectivity index (χ2v) is 4.45. The molecule has 0 spiro atoms. The molecule has 2 heterocycles. The lowest BCUT2D eigenvalue weighted by atomic mass is 10.3. The standard InChI is InChI=1S/C13H22N6O/c1-3-7-20-8-5-6-15-11-10-9-16-19-12(10)18-13(17-11)14-4-2/h9H,3-8H2,1-2H3,(H3,14,15,16,17,18,19). The van der Waals surface area contributed by atoms with E-state index in [1.807, 2.05) is 6.92 Å². The number of fused-ring (bicyclic) bond motifs is 1. The fourth-order valence-corrected chi connectivity index (χ4v) is 1.83. The molecule has 0 unspecified atom stereocenters. The zero-order chi connectivity index (χ0) is 14.2. The molecule has 0 radical (unpaired) electrons. The van der Waals surface area contributed by atoms with Gasteiger partial charge in [-0.2, -0.15) is 15.1 Å². The summed E-state index contributed by atoms with van der Waals surface area (Å²) in [5, 5.41) is 14.2. The van der Waals surface area contributed by atoms with Gasteiger partial charge in [-0.15, -0.1) is 0 Å². The van der Waals surface area contributed by atoms with Gasteiger partial charge in [0.05, 0.1) is 11.6 Å². The summed E-state index contributed by atoms with van der Waals surface area (Å²) in [5.41, 5.74) is 0.737. The quantitative estimate of drug-likeness (QED) is 0.608. The second-order valence-electron chi connectivity index (χ2n) is 4.45. The number of aromatic nitrogens is 4. The molecule has 2 aromatic heterocycles. The number of ether oxygens (including phenoxy) is 1. The number of rotatable bonds is 9. The Balaban J connectivity index is 1.95. The summed E-state index contributed by atoms with van der Waals surface area (Å²) in [6, 6.07) is 0. The molecule has 0 amide bonds. The van der Waals surface area contributed by atoms with Crippen molar-refractivity contribution in [2.75, 3.05) is 36.9 Å². The van der Waals surface area contributed by atoms with Gasteiger partial charge in [0.2, 0.25) is 5.95 Å². The molecule has 7 heteroatoms. The molecular weight excluding hydrogens is 256 g/mol. The summed E-state index contributed by atoms with van der Waals surface area (Å²) in [7, 11) is 0. The molecule has 3 N–H and O–H groups in total. The highest BCUT2D eigenvalue weighted by molar-refractivity contribution is 5.86. The van der Waals surface area contributed by atoms with Crippen LogP contribution >= 0.6 is 0 Å². The van der Waals surface area contributed by atoms with Gasteiger partial charge in [0.25, 0.3) is 0 Å². The van der Waals surface area contributed by atoms with Gasteiger partial charge in [-0.1, -0.05) is 6.92 Å². The molecule has 0 aliphatic rings. The van der Waals surface area contributed by atoms with Crippen molar-refractivity contribution in [3.05, 3.63) is 6.20 Å². The predicted octanol–water partition coefficient (Wildman–Crippen LogP) is 2.01. The monoisotopic (exact) mass is 278 g/mol. The van der Waals surface area contributed by atoms with E-state index in [9.17, 15) is 0 Å².